The highest BCUT2D eigenvalue weighted by Crippen LogP contribution is 2.25. The molecule has 0 aromatic heterocycles. The third kappa shape index (κ3) is 3.66. The summed E-state index contributed by atoms with van der Waals surface area (Å²) in [5.74, 6) is 0.00883. The minimum Gasteiger partial charge on any atom is -0.507 e. The third-order valence-electron chi connectivity index (χ3n) is 4.45. The van der Waals surface area contributed by atoms with Gasteiger partial charge in [-0.15, -0.1) is 0 Å². The van der Waals surface area contributed by atoms with Crippen molar-refractivity contribution < 1.29 is 20.6 Å². The Bertz CT molecular complexity index is 984. The Labute approximate surface area is 162 Å². The number of aryl methyl sites for hydroxylation is 2. The Morgan fingerprint density at radius 2 is 0.964 bits per heavy atom. The number of oxime groups is 2. The first-order chi connectivity index (χ1) is 13.4. The van der Waals surface area contributed by atoms with E-state index in [2.05, 4.69) is 10.3 Å². The fraction of sp³-hybridized carbons (Fsp3) is 0.0909. The molecule has 0 heterocycles. The van der Waals surface area contributed by atoms with E-state index < -0.39 is 0 Å². The molecule has 0 bridgehead atoms. The molecular weight excluding hydrogens is 356 g/mol. The SMILES string of the molecule is Cc1ccc(O)c(C(=NO)c2ccc(C(=NO)c3cc(C)ccc3O)cc2)c1. The molecule has 4 N–H and O–H groups in total. The Morgan fingerprint density at radius 3 is 1.29 bits per heavy atom. The molecule has 28 heavy (non-hydrogen) atoms. The van der Waals surface area contributed by atoms with Crippen LogP contribution < -0.4 is 0 Å². The molecule has 0 unspecified atom stereocenters. The number of hydrogen-bond acceptors (Lipinski definition) is 6. The van der Waals surface area contributed by atoms with Crippen LogP contribution in [0.1, 0.15) is 33.4 Å². The van der Waals surface area contributed by atoms with Gasteiger partial charge in [-0.25, -0.2) is 0 Å². The van der Waals surface area contributed by atoms with Gasteiger partial charge in [-0.2, -0.15) is 0 Å². The Kier molecular flexibility index (Phi) is 5.31. The van der Waals surface area contributed by atoms with E-state index in [1.54, 1.807) is 60.7 Å². The summed E-state index contributed by atoms with van der Waals surface area (Å²) in [6, 6.07) is 16.8. The van der Waals surface area contributed by atoms with E-state index in [4.69, 9.17) is 0 Å². The lowest BCUT2D eigenvalue weighted by Gasteiger charge is -2.11. The van der Waals surface area contributed by atoms with E-state index in [1.165, 1.54) is 0 Å². The summed E-state index contributed by atoms with van der Waals surface area (Å²) in [4.78, 5) is 0. The van der Waals surface area contributed by atoms with Crippen LogP contribution in [0.3, 0.4) is 0 Å². The van der Waals surface area contributed by atoms with Gasteiger partial charge < -0.3 is 20.6 Å². The topological polar surface area (TPSA) is 106 Å². The zero-order valence-corrected chi connectivity index (χ0v) is 15.5. The molecule has 0 aliphatic heterocycles. The average Bonchev–Trinajstić information content (AvgIpc) is 2.69. The maximum absolute atomic E-state index is 10.1. The second kappa shape index (κ2) is 7.84. The molecule has 3 aromatic carbocycles. The molecule has 0 spiro atoms. The van der Waals surface area contributed by atoms with Crippen molar-refractivity contribution in [3.8, 4) is 11.5 Å². The summed E-state index contributed by atoms with van der Waals surface area (Å²) in [7, 11) is 0. The first-order valence-corrected chi connectivity index (χ1v) is 8.59. The molecule has 0 saturated heterocycles. The van der Waals surface area contributed by atoms with Gasteiger partial charge in [-0.1, -0.05) is 57.8 Å². The van der Waals surface area contributed by atoms with Crippen molar-refractivity contribution in [1.29, 1.82) is 0 Å². The molecule has 0 aliphatic rings. The Morgan fingerprint density at radius 1 is 0.607 bits per heavy atom. The molecule has 6 nitrogen and oxygen atoms in total. The van der Waals surface area contributed by atoms with Crippen LogP contribution in [-0.4, -0.2) is 32.1 Å². The van der Waals surface area contributed by atoms with E-state index in [-0.39, 0.29) is 22.9 Å². The molecule has 0 atom stereocenters. The number of aromatic hydroxyl groups is 2. The fourth-order valence-electron chi connectivity index (χ4n) is 3.00. The fourth-order valence-corrected chi connectivity index (χ4v) is 3.00. The molecule has 0 saturated carbocycles. The van der Waals surface area contributed by atoms with Crippen LogP contribution in [0.5, 0.6) is 11.5 Å². The highest BCUT2D eigenvalue weighted by atomic mass is 16.4. The minimum atomic E-state index is 0.00442. The van der Waals surface area contributed by atoms with E-state index in [1.807, 2.05) is 13.8 Å². The Hall–Kier alpha value is -3.80. The lowest BCUT2D eigenvalue weighted by atomic mass is 9.95. The van der Waals surface area contributed by atoms with Crippen molar-refractivity contribution in [2.45, 2.75) is 13.8 Å². The van der Waals surface area contributed by atoms with Crippen LogP contribution in [0.25, 0.3) is 0 Å². The monoisotopic (exact) mass is 376 g/mol. The molecule has 0 radical (unpaired) electrons. The Balaban J connectivity index is 2.00. The molecule has 0 amide bonds. The zero-order valence-electron chi connectivity index (χ0n) is 15.5. The number of phenolic OH excluding ortho intramolecular Hbond substituents is 2. The number of benzene rings is 3. The zero-order chi connectivity index (χ0) is 20.3. The number of nitrogens with zero attached hydrogens (tertiary/aromatic N) is 2. The van der Waals surface area contributed by atoms with Crippen LogP contribution >= 0.6 is 0 Å². The van der Waals surface area contributed by atoms with Crippen molar-refractivity contribution in [1.82, 2.24) is 0 Å². The number of rotatable bonds is 4. The highest BCUT2D eigenvalue weighted by Gasteiger charge is 2.16. The van der Waals surface area contributed by atoms with Crippen LogP contribution in [0, 0.1) is 13.8 Å². The van der Waals surface area contributed by atoms with Gasteiger partial charge in [-0.3, -0.25) is 0 Å². The molecule has 6 heteroatoms. The van der Waals surface area contributed by atoms with Crippen molar-refractivity contribution in [2.24, 2.45) is 10.3 Å². The first kappa shape index (κ1) is 19.0. The quantitative estimate of drug-likeness (QED) is 0.311. The maximum Gasteiger partial charge on any atom is 0.125 e. The van der Waals surface area contributed by atoms with Crippen molar-refractivity contribution in [3.63, 3.8) is 0 Å². The van der Waals surface area contributed by atoms with Gasteiger partial charge in [-0.05, 0) is 38.1 Å². The summed E-state index contributed by atoms with van der Waals surface area (Å²) in [5, 5.41) is 45.9. The minimum absolute atomic E-state index is 0.00442. The van der Waals surface area contributed by atoms with Gasteiger partial charge >= 0.3 is 0 Å². The van der Waals surface area contributed by atoms with Crippen molar-refractivity contribution >= 4 is 11.4 Å². The first-order valence-electron chi connectivity index (χ1n) is 8.59. The summed E-state index contributed by atoms with van der Waals surface area (Å²) >= 11 is 0. The van der Waals surface area contributed by atoms with Crippen molar-refractivity contribution in [2.75, 3.05) is 0 Å². The molecule has 0 fully saturated rings. The second-order valence-electron chi connectivity index (χ2n) is 6.52. The second-order valence-corrected chi connectivity index (χ2v) is 6.52. The van der Waals surface area contributed by atoms with Crippen molar-refractivity contribution in [3.05, 3.63) is 94.0 Å². The molecule has 0 aliphatic carbocycles. The van der Waals surface area contributed by atoms with Gasteiger partial charge in [0.2, 0.25) is 0 Å². The molecular formula is C22H20N2O4. The summed E-state index contributed by atoms with van der Waals surface area (Å²) in [5.41, 5.74) is 4.20. The molecule has 142 valence electrons. The molecule has 3 aromatic rings. The van der Waals surface area contributed by atoms with Gasteiger partial charge in [0.05, 0.1) is 0 Å². The van der Waals surface area contributed by atoms with E-state index >= 15 is 0 Å². The summed E-state index contributed by atoms with van der Waals surface area (Å²) < 4.78 is 0. The van der Waals surface area contributed by atoms with Crippen LogP contribution in [0.4, 0.5) is 0 Å². The predicted octanol–water partition coefficient (Wildman–Crippen LogP) is 4.17. The average molecular weight is 376 g/mol. The maximum atomic E-state index is 10.1. The highest BCUT2D eigenvalue weighted by molar-refractivity contribution is 6.16. The van der Waals surface area contributed by atoms with E-state index in [0.717, 1.165) is 11.1 Å². The van der Waals surface area contributed by atoms with Gasteiger partial charge in [0.25, 0.3) is 0 Å². The van der Waals surface area contributed by atoms with Crippen LogP contribution in [0.2, 0.25) is 0 Å². The van der Waals surface area contributed by atoms with Gasteiger partial charge in [0.15, 0.2) is 0 Å². The summed E-state index contributed by atoms with van der Waals surface area (Å²) in [6.07, 6.45) is 0. The van der Waals surface area contributed by atoms with E-state index in [0.29, 0.717) is 22.3 Å². The third-order valence-corrected chi connectivity index (χ3v) is 4.45. The molecule has 3 rings (SSSR count). The lowest BCUT2D eigenvalue weighted by molar-refractivity contribution is 0.319. The largest absolute Gasteiger partial charge is 0.507 e. The normalized spacial score (nSPS) is 12.2. The number of hydrogen-bond donors (Lipinski definition) is 4. The smallest absolute Gasteiger partial charge is 0.125 e. The predicted molar refractivity (Wildman–Crippen MR) is 107 cm³/mol. The van der Waals surface area contributed by atoms with Gasteiger partial charge in [0.1, 0.15) is 22.9 Å². The standard InChI is InChI=1S/C22H20N2O4/c1-13-3-9-19(25)17(11-13)21(23-27)15-5-7-16(8-6-15)22(24-28)18-12-14(2)4-10-20(18)26/h3-12,25-28H,1-2H3. The number of phenols is 2. The van der Waals surface area contributed by atoms with Crippen LogP contribution in [0.15, 0.2) is 71.0 Å². The van der Waals surface area contributed by atoms with Crippen LogP contribution in [-0.2, 0) is 0 Å². The van der Waals surface area contributed by atoms with Gasteiger partial charge in [0, 0.05) is 22.3 Å². The summed E-state index contributed by atoms with van der Waals surface area (Å²) in [6.45, 7) is 3.75. The van der Waals surface area contributed by atoms with E-state index in [9.17, 15) is 20.6 Å². The lowest BCUT2D eigenvalue weighted by Crippen LogP contribution is -2.07.